The molecule has 0 bridgehead atoms. The summed E-state index contributed by atoms with van der Waals surface area (Å²) < 4.78 is 67.9. The third-order valence-corrected chi connectivity index (χ3v) is 17.2. The lowest BCUT2D eigenvalue weighted by molar-refractivity contribution is -0.161. The molecule has 0 rings (SSSR count). The third kappa shape index (κ3) is 56.3. The van der Waals surface area contributed by atoms with E-state index in [0.717, 1.165) is 108 Å². The monoisotopic (exact) mass is 1230 g/mol. The molecule has 0 aromatic carbocycles. The van der Waals surface area contributed by atoms with Crippen LogP contribution in [0.5, 0.6) is 0 Å². The lowest BCUT2D eigenvalue weighted by Crippen LogP contribution is -2.30. The van der Waals surface area contributed by atoms with Crippen molar-refractivity contribution in [1.29, 1.82) is 0 Å². The van der Waals surface area contributed by atoms with Gasteiger partial charge in [-0.05, 0) is 49.4 Å². The summed E-state index contributed by atoms with van der Waals surface area (Å²) in [7, 11) is -9.89. The molecule has 17 nitrogen and oxygen atoms in total. The first-order valence-corrected chi connectivity index (χ1v) is 36.3. The third-order valence-electron chi connectivity index (χ3n) is 15.3. The van der Waals surface area contributed by atoms with E-state index in [0.29, 0.717) is 37.5 Å². The predicted molar refractivity (Wildman–Crippen MR) is 331 cm³/mol. The van der Waals surface area contributed by atoms with Crippen LogP contribution in [-0.4, -0.2) is 96.7 Å². The van der Waals surface area contributed by atoms with Gasteiger partial charge in [0.1, 0.15) is 19.3 Å². The first kappa shape index (κ1) is 81.1. The highest BCUT2D eigenvalue weighted by Gasteiger charge is 2.30. The molecule has 0 heterocycles. The minimum absolute atomic E-state index is 0.101. The SMILES string of the molecule is CCC(C)CCCCCCCCCCCCC(=O)OC[C@H](COP(=O)(O)OC[C@@H](O)COP(=O)(O)OC[C@@H](COC(=O)CCCCCCCCC(C)CC)OC(=O)CCCCCCCCCC(C)C)OC(=O)CCCCCCCCC(C)C. The Hall–Kier alpha value is -1.94. The van der Waals surface area contributed by atoms with E-state index in [1.54, 1.807) is 0 Å². The Morgan fingerprint density at radius 2 is 0.578 bits per heavy atom. The Balaban J connectivity index is 5.23. The zero-order valence-electron chi connectivity index (χ0n) is 53.8. The Bertz CT molecular complexity index is 1670. The van der Waals surface area contributed by atoms with Crippen LogP contribution in [0.4, 0.5) is 0 Å². The van der Waals surface area contributed by atoms with Crippen molar-refractivity contribution < 1.29 is 80.2 Å². The van der Waals surface area contributed by atoms with Crippen molar-refractivity contribution in [2.45, 2.75) is 324 Å². The molecule has 0 saturated heterocycles. The molecular weight excluding hydrogens is 1100 g/mol. The van der Waals surface area contributed by atoms with E-state index in [2.05, 4.69) is 55.4 Å². The van der Waals surface area contributed by atoms with Gasteiger partial charge in [0.05, 0.1) is 26.4 Å². The maximum atomic E-state index is 13.0. The van der Waals surface area contributed by atoms with Crippen LogP contribution in [0.25, 0.3) is 0 Å². The fraction of sp³-hybridized carbons (Fsp3) is 0.938. The van der Waals surface area contributed by atoms with Crippen molar-refractivity contribution in [2.24, 2.45) is 23.7 Å². The van der Waals surface area contributed by atoms with E-state index in [9.17, 15) is 43.2 Å². The van der Waals surface area contributed by atoms with Gasteiger partial charge in [-0.3, -0.25) is 37.3 Å². The lowest BCUT2D eigenvalue weighted by Gasteiger charge is -2.21. The number of carbonyl (C=O) groups excluding carboxylic acids is 4. The number of aliphatic hydroxyl groups excluding tert-OH is 1. The largest absolute Gasteiger partial charge is 0.472 e. The van der Waals surface area contributed by atoms with Crippen LogP contribution < -0.4 is 0 Å². The number of aliphatic hydroxyl groups is 1. The summed E-state index contributed by atoms with van der Waals surface area (Å²) in [5.74, 6) is 0.761. The maximum absolute atomic E-state index is 13.0. The van der Waals surface area contributed by atoms with Gasteiger partial charge in [-0.1, -0.05) is 254 Å². The van der Waals surface area contributed by atoms with E-state index in [1.807, 2.05) is 0 Å². The quantitative estimate of drug-likeness (QED) is 0.0222. The Kier molecular flexibility index (Phi) is 53.0. The van der Waals surface area contributed by atoms with Crippen LogP contribution in [0.1, 0.15) is 306 Å². The van der Waals surface area contributed by atoms with E-state index in [1.165, 1.54) is 103 Å². The van der Waals surface area contributed by atoms with E-state index < -0.39 is 97.5 Å². The average Bonchev–Trinajstić information content (AvgIpc) is 3.44. The van der Waals surface area contributed by atoms with Gasteiger partial charge in [0.25, 0.3) is 0 Å². The number of carbonyl (C=O) groups is 4. The van der Waals surface area contributed by atoms with Crippen molar-refractivity contribution in [3.05, 3.63) is 0 Å². The molecule has 0 radical (unpaired) electrons. The second kappa shape index (κ2) is 54.2. The number of esters is 4. The maximum Gasteiger partial charge on any atom is 0.472 e. The van der Waals surface area contributed by atoms with Crippen molar-refractivity contribution in [2.75, 3.05) is 39.6 Å². The fourth-order valence-corrected chi connectivity index (χ4v) is 10.9. The number of rotatable bonds is 61. The van der Waals surface area contributed by atoms with Crippen LogP contribution >= 0.6 is 15.6 Å². The highest BCUT2D eigenvalue weighted by Crippen LogP contribution is 2.45. The van der Waals surface area contributed by atoms with Crippen molar-refractivity contribution in [3.63, 3.8) is 0 Å². The van der Waals surface area contributed by atoms with Crippen LogP contribution in [0.2, 0.25) is 0 Å². The van der Waals surface area contributed by atoms with E-state index >= 15 is 0 Å². The number of unbranched alkanes of at least 4 members (excludes halogenated alkanes) is 25. The van der Waals surface area contributed by atoms with Crippen molar-refractivity contribution in [3.8, 4) is 0 Å². The highest BCUT2D eigenvalue weighted by molar-refractivity contribution is 7.47. The number of phosphoric acid groups is 2. The molecule has 0 aliphatic heterocycles. The molecule has 0 amide bonds. The van der Waals surface area contributed by atoms with Crippen molar-refractivity contribution >= 4 is 39.5 Å². The second-order valence-electron chi connectivity index (χ2n) is 24.6. The zero-order chi connectivity index (χ0) is 61.8. The lowest BCUT2D eigenvalue weighted by atomic mass is 9.99. The normalized spacial score (nSPS) is 15.1. The minimum Gasteiger partial charge on any atom is -0.462 e. The summed E-state index contributed by atoms with van der Waals surface area (Å²) in [4.78, 5) is 72.2. The van der Waals surface area contributed by atoms with Gasteiger partial charge in [0.2, 0.25) is 0 Å². The molecule has 7 atom stereocenters. The topological polar surface area (TPSA) is 237 Å². The van der Waals surface area contributed by atoms with Crippen LogP contribution in [0.15, 0.2) is 0 Å². The van der Waals surface area contributed by atoms with Gasteiger partial charge < -0.3 is 33.8 Å². The highest BCUT2D eigenvalue weighted by atomic mass is 31.2. The van der Waals surface area contributed by atoms with Gasteiger partial charge in [0.15, 0.2) is 12.2 Å². The summed E-state index contributed by atoms with van der Waals surface area (Å²) in [5.41, 5.74) is 0. The fourth-order valence-electron chi connectivity index (χ4n) is 9.36. The molecule has 0 aliphatic rings. The number of hydrogen-bond acceptors (Lipinski definition) is 15. The average molecular weight is 1230 g/mol. The molecule has 0 aromatic heterocycles. The van der Waals surface area contributed by atoms with Gasteiger partial charge in [-0.15, -0.1) is 0 Å². The molecule has 492 valence electrons. The molecule has 0 saturated carbocycles. The smallest absolute Gasteiger partial charge is 0.462 e. The van der Waals surface area contributed by atoms with Crippen molar-refractivity contribution in [1.82, 2.24) is 0 Å². The molecule has 0 aromatic rings. The first-order valence-electron chi connectivity index (χ1n) is 33.3. The first-order chi connectivity index (χ1) is 39.7. The van der Waals surface area contributed by atoms with E-state index in [-0.39, 0.29) is 25.7 Å². The van der Waals surface area contributed by atoms with Crippen LogP contribution in [-0.2, 0) is 65.4 Å². The zero-order valence-corrected chi connectivity index (χ0v) is 55.6. The van der Waals surface area contributed by atoms with Crippen LogP contribution in [0.3, 0.4) is 0 Å². The number of phosphoric ester groups is 2. The van der Waals surface area contributed by atoms with Crippen LogP contribution in [0, 0.1) is 23.7 Å². The number of hydrogen-bond donors (Lipinski definition) is 3. The molecule has 3 N–H and O–H groups in total. The van der Waals surface area contributed by atoms with Gasteiger partial charge in [-0.25, -0.2) is 9.13 Å². The second-order valence-corrected chi connectivity index (χ2v) is 27.5. The standard InChI is InChI=1S/C64H124O17P2/c1-9-56(7)42-34-26-17-13-11-12-14-18-28-36-44-61(66)74-50-60(81-64(69)47-39-31-22-20-25-33-41-55(5)6)53-79-83(72,73)77-49-58(65)48-76-82(70,71)78-52-59(80-63(68)46-38-30-19-15-16-24-32-40-54(3)4)51-75-62(67)45-37-29-23-21-27-35-43-57(8)10-2/h54-60,65H,9-53H2,1-8H3,(H,70,71)(H,72,73)/t56?,57?,58-,59+,60+/m0/s1. The Morgan fingerprint density at radius 1 is 0.337 bits per heavy atom. The Morgan fingerprint density at radius 3 is 0.855 bits per heavy atom. The van der Waals surface area contributed by atoms with Gasteiger partial charge in [0, 0.05) is 25.7 Å². The van der Waals surface area contributed by atoms with Gasteiger partial charge >= 0.3 is 39.5 Å². The molecule has 19 heteroatoms. The molecule has 0 fully saturated rings. The Labute approximate surface area is 505 Å². The molecule has 0 spiro atoms. The molecule has 0 aliphatic carbocycles. The number of ether oxygens (including phenoxy) is 4. The van der Waals surface area contributed by atoms with Gasteiger partial charge in [-0.2, -0.15) is 0 Å². The summed E-state index contributed by atoms with van der Waals surface area (Å²) in [6, 6.07) is 0. The molecule has 4 unspecified atom stereocenters. The van der Waals surface area contributed by atoms with E-state index in [4.69, 9.17) is 37.0 Å². The summed E-state index contributed by atoms with van der Waals surface area (Å²) >= 11 is 0. The minimum atomic E-state index is -4.94. The molecule has 83 heavy (non-hydrogen) atoms. The molecular formula is C64H124O17P2. The predicted octanol–water partition coefficient (Wildman–Crippen LogP) is 17.4. The summed E-state index contributed by atoms with van der Waals surface area (Å²) in [6.07, 6.45) is 33.7. The summed E-state index contributed by atoms with van der Waals surface area (Å²) in [6.45, 7) is 13.9. The summed E-state index contributed by atoms with van der Waals surface area (Å²) in [5, 5.41) is 10.5.